The van der Waals surface area contributed by atoms with Gasteiger partial charge in [0, 0.05) is 42.3 Å². The van der Waals surface area contributed by atoms with Crippen LogP contribution in [0.4, 0.5) is 11.5 Å². The number of aryl methyl sites for hydroxylation is 1. The van der Waals surface area contributed by atoms with E-state index in [-0.39, 0.29) is 29.8 Å². The van der Waals surface area contributed by atoms with E-state index in [2.05, 4.69) is 21.9 Å². The normalized spacial score (nSPS) is 16.9. The van der Waals surface area contributed by atoms with Crippen LogP contribution in [0, 0.1) is 12.3 Å². The number of rotatable bonds is 6. The van der Waals surface area contributed by atoms with Crippen LogP contribution in [0.25, 0.3) is 28.0 Å². The minimum Gasteiger partial charge on any atom is -0.349 e. The molecule has 1 aliphatic rings. The number of fused-ring (bicyclic) bond motifs is 1. The number of carbonyl (C=O) groups is 2. The Kier molecular flexibility index (Phi) is 9.28. The molecule has 0 saturated carbocycles. The van der Waals surface area contributed by atoms with Gasteiger partial charge in [0.15, 0.2) is 5.65 Å². The second-order valence-corrected chi connectivity index (χ2v) is 14.0. The van der Waals surface area contributed by atoms with E-state index in [0.29, 0.717) is 57.6 Å². The Balaban J connectivity index is 1.81. The van der Waals surface area contributed by atoms with Crippen LogP contribution in [0.1, 0.15) is 65.6 Å². The summed E-state index contributed by atoms with van der Waals surface area (Å²) in [6.45, 7) is 20.0. The van der Waals surface area contributed by atoms with Crippen molar-refractivity contribution in [2.24, 2.45) is 5.41 Å². The van der Waals surface area contributed by atoms with Crippen molar-refractivity contribution < 1.29 is 9.59 Å². The van der Waals surface area contributed by atoms with Crippen LogP contribution in [0.5, 0.6) is 0 Å². The Bertz CT molecular complexity index is 1950. The van der Waals surface area contributed by atoms with Crippen molar-refractivity contribution in [1.82, 2.24) is 24.4 Å². The van der Waals surface area contributed by atoms with Crippen molar-refractivity contribution in [2.45, 2.75) is 73.4 Å². The van der Waals surface area contributed by atoms with E-state index in [1.165, 1.54) is 10.6 Å². The Labute approximate surface area is 280 Å². The van der Waals surface area contributed by atoms with Crippen LogP contribution >= 0.6 is 11.6 Å². The van der Waals surface area contributed by atoms with Crippen molar-refractivity contribution in [3.63, 3.8) is 0 Å². The SMILES string of the molecule is C=CC(=O)N1C[C@H](C)N(c2nc(=O)n(-c3c(C)ccnc3C(C)C)c3nc(-c4ccccc4NC(=O)C(C)(C)C)c(Cl)cc23)C[C@H]1C. The van der Waals surface area contributed by atoms with Crippen molar-refractivity contribution in [1.29, 1.82) is 0 Å². The Morgan fingerprint density at radius 1 is 1.09 bits per heavy atom. The van der Waals surface area contributed by atoms with Crippen LogP contribution in [-0.4, -0.2) is 61.4 Å². The maximum absolute atomic E-state index is 14.3. The van der Waals surface area contributed by atoms with Gasteiger partial charge in [-0.15, -0.1) is 0 Å². The summed E-state index contributed by atoms with van der Waals surface area (Å²) >= 11 is 7.06. The topological polar surface area (TPSA) is 113 Å². The Hall–Kier alpha value is -4.57. The molecule has 0 aliphatic carbocycles. The lowest BCUT2D eigenvalue weighted by Gasteiger charge is -2.44. The number of benzene rings is 1. The zero-order chi connectivity index (χ0) is 34.4. The number of hydrogen-bond acceptors (Lipinski definition) is 7. The highest BCUT2D eigenvalue weighted by Crippen LogP contribution is 2.38. The van der Waals surface area contributed by atoms with E-state index in [9.17, 15) is 14.4 Å². The predicted octanol–water partition coefficient (Wildman–Crippen LogP) is 6.52. The summed E-state index contributed by atoms with van der Waals surface area (Å²) in [7, 11) is 0. The molecule has 0 radical (unpaired) electrons. The largest absolute Gasteiger partial charge is 0.355 e. The van der Waals surface area contributed by atoms with Gasteiger partial charge >= 0.3 is 5.69 Å². The molecule has 10 nitrogen and oxygen atoms in total. The van der Waals surface area contributed by atoms with Crippen molar-refractivity contribution >= 4 is 46.0 Å². The lowest BCUT2D eigenvalue weighted by atomic mass is 9.95. The molecule has 2 amide bonds. The first-order valence-electron chi connectivity index (χ1n) is 15.8. The predicted molar refractivity (Wildman–Crippen MR) is 188 cm³/mol. The van der Waals surface area contributed by atoms with Gasteiger partial charge in [0.25, 0.3) is 0 Å². The number of hydrogen-bond donors (Lipinski definition) is 1. The number of pyridine rings is 2. The summed E-state index contributed by atoms with van der Waals surface area (Å²) in [5, 5.41) is 3.94. The van der Waals surface area contributed by atoms with E-state index in [0.717, 1.165) is 11.3 Å². The van der Waals surface area contributed by atoms with Gasteiger partial charge in [-0.05, 0) is 56.5 Å². The molecule has 246 valence electrons. The molecule has 47 heavy (non-hydrogen) atoms. The molecule has 0 spiro atoms. The smallest absolute Gasteiger partial charge is 0.349 e. The number of anilines is 2. The van der Waals surface area contributed by atoms with Crippen molar-refractivity contribution in [2.75, 3.05) is 23.3 Å². The zero-order valence-corrected chi connectivity index (χ0v) is 29.0. The lowest BCUT2D eigenvalue weighted by molar-refractivity contribution is -0.128. The molecule has 0 unspecified atom stereocenters. The maximum Gasteiger partial charge on any atom is 0.355 e. The first kappa shape index (κ1) is 33.8. The zero-order valence-electron chi connectivity index (χ0n) is 28.3. The Morgan fingerprint density at radius 3 is 2.45 bits per heavy atom. The quantitative estimate of drug-likeness (QED) is 0.235. The van der Waals surface area contributed by atoms with Gasteiger partial charge in [-0.25, -0.2) is 14.3 Å². The first-order valence-corrected chi connectivity index (χ1v) is 16.2. The molecular formula is C36H42ClN7O3. The molecule has 1 fully saturated rings. The highest BCUT2D eigenvalue weighted by Gasteiger charge is 2.34. The molecule has 11 heteroatoms. The third-order valence-corrected chi connectivity index (χ3v) is 8.84. The number of para-hydroxylation sites is 1. The second kappa shape index (κ2) is 12.9. The van der Waals surface area contributed by atoms with E-state index in [4.69, 9.17) is 16.6 Å². The molecule has 3 aromatic heterocycles. The van der Waals surface area contributed by atoms with Gasteiger partial charge in [0.1, 0.15) is 5.82 Å². The molecule has 1 aliphatic heterocycles. The van der Waals surface area contributed by atoms with E-state index < -0.39 is 11.1 Å². The summed E-state index contributed by atoms with van der Waals surface area (Å²) in [6, 6.07) is 10.7. The number of halogens is 1. The number of aromatic nitrogens is 4. The third-order valence-electron chi connectivity index (χ3n) is 8.55. The summed E-state index contributed by atoms with van der Waals surface area (Å²) in [5.74, 6) is 0.143. The van der Waals surface area contributed by atoms with Crippen LogP contribution in [0.3, 0.4) is 0 Å². The molecule has 0 bridgehead atoms. The number of piperazine rings is 1. The summed E-state index contributed by atoms with van der Waals surface area (Å²) < 4.78 is 1.53. The van der Waals surface area contributed by atoms with Crippen molar-refractivity contribution in [3.8, 4) is 16.9 Å². The van der Waals surface area contributed by atoms with E-state index in [1.54, 1.807) is 17.2 Å². The molecule has 1 N–H and O–H groups in total. The fourth-order valence-electron chi connectivity index (χ4n) is 5.95. The fourth-order valence-corrected chi connectivity index (χ4v) is 6.21. The van der Waals surface area contributed by atoms with Gasteiger partial charge in [-0.3, -0.25) is 14.6 Å². The molecule has 1 saturated heterocycles. The maximum atomic E-state index is 14.3. The van der Waals surface area contributed by atoms with E-state index >= 15 is 0 Å². The fraction of sp³-hybridized carbons (Fsp3) is 0.389. The minimum absolute atomic E-state index is 0.00276. The number of nitrogens with zero attached hydrogens (tertiary/aromatic N) is 6. The van der Waals surface area contributed by atoms with Crippen molar-refractivity contribution in [3.05, 3.63) is 82.0 Å². The summed E-state index contributed by atoms with van der Waals surface area (Å²) in [4.78, 5) is 58.2. The lowest BCUT2D eigenvalue weighted by Crippen LogP contribution is -2.58. The molecule has 5 rings (SSSR count). The summed E-state index contributed by atoms with van der Waals surface area (Å²) in [5.41, 5.74) is 2.99. The van der Waals surface area contributed by atoms with Crippen LogP contribution in [0.2, 0.25) is 5.02 Å². The standard InChI is InChI=1S/C36H42ClN7O3/c1-10-28(45)42-18-23(6)43(19-22(42)5)32-25-17-26(37)30(24-13-11-12-14-27(24)39-34(46)36(7,8)9)40-33(25)44(35(47)41-32)31-21(4)15-16-38-29(31)20(2)3/h10-17,20,22-23H,1,18-19H2,2-9H3,(H,39,46)/t22-,23+/m1/s1. The van der Waals surface area contributed by atoms with E-state index in [1.807, 2.05) is 90.6 Å². The third kappa shape index (κ3) is 6.39. The average Bonchev–Trinajstić information content (AvgIpc) is 3.01. The number of nitrogens with one attached hydrogen (secondary N) is 1. The highest BCUT2D eigenvalue weighted by molar-refractivity contribution is 6.34. The van der Waals surface area contributed by atoms with Crippen LogP contribution in [0.15, 0.2) is 60.0 Å². The summed E-state index contributed by atoms with van der Waals surface area (Å²) in [6.07, 6.45) is 3.06. The van der Waals surface area contributed by atoms with Gasteiger partial charge < -0.3 is 15.1 Å². The molecular weight excluding hydrogens is 614 g/mol. The minimum atomic E-state index is -0.631. The van der Waals surface area contributed by atoms with Gasteiger partial charge in [-0.2, -0.15) is 4.98 Å². The second-order valence-electron chi connectivity index (χ2n) is 13.6. The van der Waals surface area contributed by atoms with Gasteiger partial charge in [0.2, 0.25) is 11.8 Å². The molecule has 1 aromatic carbocycles. The van der Waals surface area contributed by atoms with Gasteiger partial charge in [-0.1, -0.05) is 71.0 Å². The molecule has 2 atom stereocenters. The number of amides is 2. The highest BCUT2D eigenvalue weighted by atomic mass is 35.5. The monoisotopic (exact) mass is 655 g/mol. The van der Waals surface area contributed by atoms with Crippen LogP contribution in [-0.2, 0) is 9.59 Å². The Morgan fingerprint density at radius 2 is 1.79 bits per heavy atom. The molecule has 4 aromatic rings. The average molecular weight is 656 g/mol. The number of carbonyl (C=O) groups excluding carboxylic acids is 2. The first-order chi connectivity index (χ1) is 22.1. The molecule has 4 heterocycles. The van der Waals surface area contributed by atoms with Crippen LogP contribution < -0.4 is 15.9 Å². The van der Waals surface area contributed by atoms with Gasteiger partial charge in [0.05, 0.1) is 33.2 Å².